The molecule has 8 heteroatoms. The van der Waals surface area contributed by atoms with Crippen LogP contribution in [0.5, 0.6) is 0 Å². The Balaban J connectivity index is 1.59. The van der Waals surface area contributed by atoms with E-state index in [2.05, 4.69) is 32.8 Å². The van der Waals surface area contributed by atoms with E-state index in [9.17, 15) is 4.79 Å². The number of allylic oxidation sites excluding steroid dienone is 1. The Labute approximate surface area is 145 Å². The third-order valence-corrected chi connectivity index (χ3v) is 4.79. The van der Waals surface area contributed by atoms with E-state index in [1.165, 1.54) is 5.56 Å². The summed E-state index contributed by atoms with van der Waals surface area (Å²) in [4.78, 5) is 19.2. The third kappa shape index (κ3) is 2.50. The van der Waals surface area contributed by atoms with Crippen LogP contribution in [0.2, 0.25) is 0 Å². The number of anilines is 2. The number of nitrogens with one attached hydrogen (secondary N) is 1. The number of tetrazole rings is 1. The van der Waals surface area contributed by atoms with Crippen molar-refractivity contribution in [3.8, 4) is 0 Å². The van der Waals surface area contributed by atoms with Crippen molar-refractivity contribution in [3.63, 3.8) is 0 Å². The molecule has 1 aromatic heterocycles. The lowest BCUT2D eigenvalue weighted by Crippen LogP contribution is -2.32. The number of aromatic nitrogens is 4. The van der Waals surface area contributed by atoms with Crippen molar-refractivity contribution in [2.75, 3.05) is 17.3 Å². The second kappa shape index (κ2) is 5.80. The summed E-state index contributed by atoms with van der Waals surface area (Å²) in [6, 6.07) is 5.97. The summed E-state index contributed by atoms with van der Waals surface area (Å²) in [5.41, 5.74) is 5.70. The molecule has 0 bridgehead atoms. The van der Waals surface area contributed by atoms with E-state index in [-0.39, 0.29) is 5.91 Å². The number of nitrogens with zero attached hydrogens (tertiary/aromatic N) is 6. The topological polar surface area (TPSA) is 88.3 Å². The first kappa shape index (κ1) is 15.5. The molecular weight excluding hydrogens is 318 g/mol. The maximum Gasteiger partial charge on any atom is 0.255 e. The van der Waals surface area contributed by atoms with Crippen LogP contribution in [0.4, 0.5) is 11.6 Å². The normalized spacial score (nSPS) is 15.8. The third-order valence-electron chi connectivity index (χ3n) is 4.79. The maximum absolute atomic E-state index is 12.8. The van der Waals surface area contributed by atoms with Gasteiger partial charge in [0.15, 0.2) is 0 Å². The molecular formula is C17H19N7O. The molecule has 0 spiro atoms. The van der Waals surface area contributed by atoms with Crippen LogP contribution in [-0.4, -0.2) is 38.9 Å². The van der Waals surface area contributed by atoms with Crippen molar-refractivity contribution in [3.05, 3.63) is 40.6 Å². The largest absolute Gasteiger partial charge is 0.322 e. The molecule has 2 aromatic rings. The number of hydrogen-bond acceptors (Lipinski definition) is 6. The van der Waals surface area contributed by atoms with E-state index in [0.29, 0.717) is 18.1 Å². The van der Waals surface area contributed by atoms with E-state index >= 15 is 0 Å². The van der Waals surface area contributed by atoms with Gasteiger partial charge >= 0.3 is 0 Å². The van der Waals surface area contributed by atoms with Crippen molar-refractivity contribution in [1.29, 1.82) is 0 Å². The molecule has 128 valence electrons. The molecule has 0 fully saturated rings. The minimum atomic E-state index is -0.140. The van der Waals surface area contributed by atoms with Crippen molar-refractivity contribution in [2.45, 2.75) is 33.4 Å². The number of fused-ring (bicyclic) bond motifs is 2. The fourth-order valence-electron chi connectivity index (χ4n) is 3.23. The summed E-state index contributed by atoms with van der Waals surface area (Å²) < 4.78 is 1.62. The summed E-state index contributed by atoms with van der Waals surface area (Å²) in [6.07, 6.45) is 0.890. The minimum Gasteiger partial charge on any atom is -0.322 e. The first-order valence-electron chi connectivity index (χ1n) is 8.26. The molecule has 2 aliphatic heterocycles. The highest BCUT2D eigenvalue weighted by Crippen LogP contribution is 2.26. The van der Waals surface area contributed by atoms with E-state index in [1.807, 2.05) is 37.1 Å². The Morgan fingerprint density at radius 2 is 2.20 bits per heavy atom. The van der Waals surface area contributed by atoms with Gasteiger partial charge in [0.25, 0.3) is 5.91 Å². The molecule has 0 saturated carbocycles. The second-order valence-corrected chi connectivity index (χ2v) is 6.20. The molecule has 1 amide bonds. The van der Waals surface area contributed by atoms with Gasteiger partial charge in [0.2, 0.25) is 5.95 Å². The van der Waals surface area contributed by atoms with Crippen LogP contribution in [0.25, 0.3) is 0 Å². The number of benzene rings is 1. The van der Waals surface area contributed by atoms with Crippen molar-refractivity contribution < 1.29 is 4.79 Å². The average Bonchev–Trinajstić information content (AvgIpc) is 3.24. The Bertz CT molecular complexity index is 925. The molecule has 0 unspecified atom stereocenters. The van der Waals surface area contributed by atoms with Crippen LogP contribution in [0.1, 0.15) is 31.4 Å². The molecule has 25 heavy (non-hydrogen) atoms. The predicted octanol–water partition coefficient (Wildman–Crippen LogP) is 1.75. The molecule has 0 aliphatic carbocycles. The summed E-state index contributed by atoms with van der Waals surface area (Å²) in [5.74, 6) is 0.494. The van der Waals surface area contributed by atoms with E-state index in [1.54, 1.807) is 4.68 Å². The van der Waals surface area contributed by atoms with Gasteiger partial charge in [0.05, 0.1) is 18.7 Å². The van der Waals surface area contributed by atoms with Gasteiger partial charge in [0, 0.05) is 29.7 Å². The van der Waals surface area contributed by atoms with Crippen molar-refractivity contribution in [1.82, 2.24) is 20.2 Å². The summed E-state index contributed by atoms with van der Waals surface area (Å²) in [6.45, 7) is 5.08. The zero-order chi connectivity index (χ0) is 17.6. The summed E-state index contributed by atoms with van der Waals surface area (Å²) in [7, 11) is 1.85. The smallest absolute Gasteiger partial charge is 0.255 e. The van der Waals surface area contributed by atoms with Gasteiger partial charge < -0.3 is 10.2 Å². The molecule has 4 rings (SSSR count). The fourth-order valence-corrected chi connectivity index (χ4v) is 3.23. The highest BCUT2D eigenvalue weighted by atomic mass is 16.1. The maximum atomic E-state index is 12.8. The van der Waals surface area contributed by atoms with E-state index in [0.717, 1.165) is 35.6 Å². The van der Waals surface area contributed by atoms with Crippen molar-refractivity contribution in [2.24, 2.45) is 4.99 Å². The molecule has 0 atom stereocenters. The van der Waals surface area contributed by atoms with Gasteiger partial charge in [-0.3, -0.25) is 9.79 Å². The molecule has 2 aliphatic rings. The molecule has 3 heterocycles. The Morgan fingerprint density at radius 3 is 3.00 bits per heavy atom. The Morgan fingerprint density at radius 1 is 1.36 bits per heavy atom. The molecule has 1 N–H and O–H groups in total. The lowest BCUT2D eigenvalue weighted by atomic mass is 10.0. The predicted molar refractivity (Wildman–Crippen MR) is 94.5 cm³/mol. The fraction of sp³-hybridized carbons (Fsp3) is 0.353. The van der Waals surface area contributed by atoms with Crippen LogP contribution >= 0.6 is 0 Å². The highest BCUT2D eigenvalue weighted by molar-refractivity contribution is 6.07. The van der Waals surface area contributed by atoms with Crippen LogP contribution in [-0.2, 0) is 17.9 Å². The van der Waals surface area contributed by atoms with Gasteiger partial charge in [-0.05, 0) is 41.5 Å². The monoisotopic (exact) mass is 337 g/mol. The van der Waals surface area contributed by atoms with Crippen molar-refractivity contribution >= 4 is 23.3 Å². The number of rotatable bonds is 3. The van der Waals surface area contributed by atoms with Gasteiger partial charge in [-0.1, -0.05) is 18.1 Å². The zero-order valence-electron chi connectivity index (χ0n) is 14.4. The number of carbonyl (C=O) groups is 1. The van der Waals surface area contributed by atoms with Crippen LogP contribution < -0.4 is 10.2 Å². The standard InChI is InChI=1S/C17H19N7O/c1-4-15-13-7-12(6-5-11(13)8-18-15)19-16(25)14-9-24-17(20-21-22-24)23(3)10(14)2/h5-7H,4,8-9H2,1-3H3,(H,19,25). The zero-order valence-corrected chi connectivity index (χ0v) is 14.4. The first-order valence-corrected chi connectivity index (χ1v) is 8.26. The molecule has 1 aromatic carbocycles. The van der Waals surface area contributed by atoms with Gasteiger partial charge in [-0.2, -0.15) is 0 Å². The second-order valence-electron chi connectivity index (χ2n) is 6.20. The SMILES string of the molecule is CCC1=NCc2ccc(NC(=O)C3=C(C)N(C)c4nnnn4C3)cc21. The quantitative estimate of drug-likeness (QED) is 0.922. The lowest BCUT2D eigenvalue weighted by molar-refractivity contribution is -0.113. The number of hydrogen-bond donors (Lipinski definition) is 1. The van der Waals surface area contributed by atoms with E-state index < -0.39 is 0 Å². The van der Waals surface area contributed by atoms with Gasteiger partial charge in [0.1, 0.15) is 0 Å². The van der Waals surface area contributed by atoms with E-state index in [4.69, 9.17) is 0 Å². The first-order chi connectivity index (χ1) is 12.1. The minimum absolute atomic E-state index is 0.140. The lowest BCUT2D eigenvalue weighted by Gasteiger charge is -2.26. The van der Waals surface area contributed by atoms with Gasteiger partial charge in [-0.25, -0.2) is 4.68 Å². The summed E-state index contributed by atoms with van der Waals surface area (Å²) in [5, 5.41) is 14.6. The van der Waals surface area contributed by atoms with Crippen LogP contribution in [0, 0.1) is 0 Å². The molecule has 0 saturated heterocycles. The summed E-state index contributed by atoms with van der Waals surface area (Å²) >= 11 is 0. The van der Waals surface area contributed by atoms with Gasteiger partial charge in [-0.15, -0.1) is 0 Å². The molecule has 8 nitrogen and oxygen atoms in total. The Hall–Kier alpha value is -3.03. The average molecular weight is 337 g/mol. The highest BCUT2D eigenvalue weighted by Gasteiger charge is 2.26. The Kier molecular flexibility index (Phi) is 3.60. The van der Waals surface area contributed by atoms with Crippen LogP contribution in [0.3, 0.4) is 0 Å². The number of carbonyl (C=O) groups excluding carboxylic acids is 1. The molecule has 0 radical (unpaired) electrons. The number of amides is 1. The number of aliphatic imine (C=N–C) groups is 1. The van der Waals surface area contributed by atoms with Crippen LogP contribution in [0.15, 0.2) is 34.5 Å².